The van der Waals surface area contributed by atoms with Crippen LogP contribution in [0.3, 0.4) is 0 Å². The summed E-state index contributed by atoms with van der Waals surface area (Å²) in [7, 11) is 1.88. The summed E-state index contributed by atoms with van der Waals surface area (Å²) in [6, 6.07) is 3.99. The molecule has 1 N–H and O–H groups in total. The van der Waals surface area contributed by atoms with Gasteiger partial charge in [-0.05, 0) is 43.1 Å². The largest absolute Gasteiger partial charge is 0.345 e. The van der Waals surface area contributed by atoms with Gasteiger partial charge in [0.2, 0.25) is 5.91 Å². The number of nitrogens with zero attached hydrogens (tertiary/aromatic N) is 2. The maximum atomic E-state index is 11.9. The standard InChI is InChI=1S/C13H19N3O/c1-16(13(17)8-12-9-15-10-12)7-4-11-2-5-14-6-3-11/h2-3,5-6,12,15H,4,7-10H2,1H3. The van der Waals surface area contributed by atoms with E-state index in [1.807, 2.05) is 24.1 Å². The zero-order valence-electron chi connectivity index (χ0n) is 10.2. The Morgan fingerprint density at radius 2 is 2.18 bits per heavy atom. The molecule has 1 aromatic heterocycles. The highest BCUT2D eigenvalue weighted by molar-refractivity contribution is 5.76. The van der Waals surface area contributed by atoms with Crippen LogP contribution in [0.2, 0.25) is 0 Å². The minimum Gasteiger partial charge on any atom is -0.345 e. The van der Waals surface area contributed by atoms with E-state index in [2.05, 4.69) is 10.3 Å². The number of aromatic nitrogens is 1. The van der Waals surface area contributed by atoms with E-state index in [9.17, 15) is 4.79 Å². The molecule has 2 rings (SSSR count). The van der Waals surface area contributed by atoms with Gasteiger partial charge >= 0.3 is 0 Å². The first-order valence-corrected chi connectivity index (χ1v) is 6.09. The molecule has 1 fully saturated rings. The van der Waals surface area contributed by atoms with Gasteiger partial charge in [-0.2, -0.15) is 0 Å². The van der Waals surface area contributed by atoms with Crippen LogP contribution in [-0.2, 0) is 11.2 Å². The van der Waals surface area contributed by atoms with E-state index in [0.29, 0.717) is 12.3 Å². The van der Waals surface area contributed by atoms with E-state index < -0.39 is 0 Å². The zero-order chi connectivity index (χ0) is 12.1. The van der Waals surface area contributed by atoms with Gasteiger partial charge in [-0.15, -0.1) is 0 Å². The summed E-state index contributed by atoms with van der Waals surface area (Å²) in [6.45, 7) is 2.76. The highest BCUT2D eigenvalue weighted by Crippen LogP contribution is 2.10. The molecule has 0 aromatic carbocycles. The summed E-state index contributed by atoms with van der Waals surface area (Å²) in [6.07, 6.45) is 5.15. The number of likely N-dealkylation sites (N-methyl/N-ethyl adjacent to an activating group) is 1. The van der Waals surface area contributed by atoms with Crippen LogP contribution in [-0.4, -0.2) is 42.5 Å². The Balaban J connectivity index is 1.72. The van der Waals surface area contributed by atoms with Crippen LogP contribution in [0, 0.1) is 5.92 Å². The Morgan fingerprint density at radius 3 is 2.76 bits per heavy atom. The predicted molar refractivity (Wildman–Crippen MR) is 66.6 cm³/mol. The summed E-state index contributed by atoms with van der Waals surface area (Å²) >= 11 is 0. The first-order chi connectivity index (χ1) is 8.25. The Labute approximate surface area is 102 Å². The van der Waals surface area contributed by atoms with Gasteiger partial charge in [0.15, 0.2) is 0 Å². The average Bonchev–Trinajstić information content (AvgIpc) is 2.32. The van der Waals surface area contributed by atoms with Crippen molar-refractivity contribution in [3.8, 4) is 0 Å². The Hall–Kier alpha value is -1.42. The van der Waals surface area contributed by atoms with Gasteiger partial charge in [0, 0.05) is 32.4 Å². The summed E-state index contributed by atoms with van der Waals surface area (Å²) in [5.41, 5.74) is 1.23. The van der Waals surface area contributed by atoms with Gasteiger partial charge in [0.1, 0.15) is 0 Å². The molecule has 0 atom stereocenters. The second-order valence-electron chi connectivity index (χ2n) is 4.65. The molecule has 1 aliphatic heterocycles. The maximum absolute atomic E-state index is 11.9. The zero-order valence-corrected chi connectivity index (χ0v) is 10.2. The molecule has 4 heteroatoms. The Kier molecular flexibility index (Phi) is 4.09. The molecule has 0 saturated carbocycles. The van der Waals surface area contributed by atoms with E-state index >= 15 is 0 Å². The van der Waals surface area contributed by atoms with E-state index in [1.165, 1.54) is 5.56 Å². The molecule has 1 amide bonds. The van der Waals surface area contributed by atoms with Crippen molar-refractivity contribution < 1.29 is 4.79 Å². The molecule has 0 unspecified atom stereocenters. The normalized spacial score (nSPS) is 15.4. The second-order valence-corrected chi connectivity index (χ2v) is 4.65. The third kappa shape index (κ3) is 3.53. The van der Waals surface area contributed by atoms with E-state index in [4.69, 9.17) is 0 Å². The first kappa shape index (κ1) is 12.0. The van der Waals surface area contributed by atoms with Crippen LogP contribution in [0.25, 0.3) is 0 Å². The average molecular weight is 233 g/mol. The van der Waals surface area contributed by atoms with Gasteiger partial charge in [0.25, 0.3) is 0 Å². The molecular weight excluding hydrogens is 214 g/mol. The van der Waals surface area contributed by atoms with Gasteiger partial charge in [-0.25, -0.2) is 0 Å². The van der Waals surface area contributed by atoms with Crippen molar-refractivity contribution in [1.82, 2.24) is 15.2 Å². The van der Waals surface area contributed by atoms with Gasteiger partial charge in [-0.1, -0.05) is 0 Å². The first-order valence-electron chi connectivity index (χ1n) is 6.09. The van der Waals surface area contributed by atoms with Crippen LogP contribution in [0.15, 0.2) is 24.5 Å². The van der Waals surface area contributed by atoms with Gasteiger partial charge < -0.3 is 10.2 Å². The van der Waals surface area contributed by atoms with Crippen LogP contribution in [0.1, 0.15) is 12.0 Å². The summed E-state index contributed by atoms with van der Waals surface area (Å²) < 4.78 is 0. The van der Waals surface area contributed by atoms with E-state index in [1.54, 1.807) is 12.4 Å². The molecular formula is C13H19N3O. The van der Waals surface area contributed by atoms with Crippen LogP contribution in [0.5, 0.6) is 0 Å². The fourth-order valence-corrected chi connectivity index (χ4v) is 1.87. The van der Waals surface area contributed by atoms with Crippen molar-refractivity contribution in [2.24, 2.45) is 5.92 Å². The molecule has 1 saturated heterocycles. The third-order valence-corrected chi connectivity index (χ3v) is 3.24. The minimum absolute atomic E-state index is 0.255. The van der Waals surface area contributed by atoms with Crippen molar-refractivity contribution in [3.05, 3.63) is 30.1 Å². The summed E-state index contributed by atoms with van der Waals surface area (Å²) in [4.78, 5) is 17.7. The fraction of sp³-hybridized carbons (Fsp3) is 0.538. The number of amides is 1. The highest BCUT2D eigenvalue weighted by atomic mass is 16.2. The Morgan fingerprint density at radius 1 is 1.47 bits per heavy atom. The fourth-order valence-electron chi connectivity index (χ4n) is 1.87. The lowest BCUT2D eigenvalue weighted by Gasteiger charge is -2.28. The minimum atomic E-state index is 0.255. The van der Waals surface area contributed by atoms with Gasteiger partial charge in [-0.3, -0.25) is 9.78 Å². The van der Waals surface area contributed by atoms with E-state index in [-0.39, 0.29) is 5.91 Å². The topological polar surface area (TPSA) is 45.2 Å². The molecule has 4 nitrogen and oxygen atoms in total. The molecule has 1 aliphatic rings. The molecule has 0 radical (unpaired) electrons. The Bertz CT molecular complexity index is 362. The molecule has 0 bridgehead atoms. The second kappa shape index (κ2) is 5.77. The molecule has 17 heavy (non-hydrogen) atoms. The predicted octanol–water partition coefficient (Wildman–Crippen LogP) is 0.692. The number of carbonyl (C=O) groups is 1. The van der Waals surface area contributed by atoms with Crippen LogP contribution in [0.4, 0.5) is 0 Å². The molecule has 0 aliphatic carbocycles. The highest BCUT2D eigenvalue weighted by Gasteiger charge is 2.21. The number of hydrogen-bond donors (Lipinski definition) is 1. The van der Waals surface area contributed by atoms with Crippen molar-refractivity contribution in [3.63, 3.8) is 0 Å². The van der Waals surface area contributed by atoms with Gasteiger partial charge in [0.05, 0.1) is 0 Å². The number of pyridine rings is 1. The maximum Gasteiger partial charge on any atom is 0.222 e. The lowest BCUT2D eigenvalue weighted by Crippen LogP contribution is -2.45. The molecule has 2 heterocycles. The molecule has 0 spiro atoms. The summed E-state index contributed by atoms with van der Waals surface area (Å²) in [5.74, 6) is 0.802. The number of rotatable bonds is 5. The van der Waals surface area contributed by atoms with Crippen LogP contribution >= 0.6 is 0 Å². The third-order valence-electron chi connectivity index (χ3n) is 3.24. The smallest absolute Gasteiger partial charge is 0.222 e. The number of nitrogens with one attached hydrogen (secondary N) is 1. The van der Waals surface area contributed by atoms with Crippen LogP contribution < -0.4 is 5.32 Å². The van der Waals surface area contributed by atoms with Crippen molar-refractivity contribution in [2.75, 3.05) is 26.7 Å². The number of carbonyl (C=O) groups excluding carboxylic acids is 1. The monoisotopic (exact) mass is 233 g/mol. The lowest BCUT2D eigenvalue weighted by molar-refractivity contribution is -0.131. The molecule has 92 valence electrons. The molecule has 1 aromatic rings. The van der Waals surface area contributed by atoms with Crippen molar-refractivity contribution >= 4 is 5.91 Å². The van der Waals surface area contributed by atoms with Crippen molar-refractivity contribution in [1.29, 1.82) is 0 Å². The summed E-state index contributed by atoms with van der Waals surface area (Å²) in [5, 5.41) is 3.19. The van der Waals surface area contributed by atoms with E-state index in [0.717, 1.165) is 26.1 Å². The SMILES string of the molecule is CN(CCc1ccncc1)C(=O)CC1CNC1. The quantitative estimate of drug-likeness (QED) is 0.814. The van der Waals surface area contributed by atoms with Crippen molar-refractivity contribution in [2.45, 2.75) is 12.8 Å². The lowest BCUT2D eigenvalue weighted by atomic mass is 9.99. The number of hydrogen-bond acceptors (Lipinski definition) is 3.